The molecule has 2 atom stereocenters. The second kappa shape index (κ2) is 10.1. The summed E-state index contributed by atoms with van der Waals surface area (Å²) >= 11 is 0. The maximum absolute atomic E-state index is 13.0. The first-order valence-electron chi connectivity index (χ1n) is 12.5. The monoisotopic (exact) mass is 448 g/mol. The zero-order chi connectivity index (χ0) is 22.6. The first kappa shape index (κ1) is 22.2. The Morgan fingerprint density at radius 1 is 1.12 bits per heavy atom. The number of benzene rings is 2. The van der Waals surface area contributed by atoms with Crippen molar-refractivity contribution in [3.63, 3.8) is 0 Å². The number of hydrogen-bond acceptors (Lipinski definition) is 5. The number of ether oxygens (including phenoxy) is 1. The Morgan fingerprint density at radius 3 is 2.73 bits per heavy atom. The summed E-state index contributed by atoms with van der Waals surface area (Å²) in [6, 6.07) is 15.5. The third-order valence-corrected chi connectivity index (χ3v) is 7.43. The van der Waals surface area contributed by atoms with Gasteiger partial charge in [0.2, 0.25) is 0 Å². The molecule has 176 valence electrons. The molecule has 33 heavy (non-hydrogen) atoms. The lowest BCUT2D eigenvalue weighted by atomic mass is 9.86. The van der Waals surface area contributed by atoms with E-state index < -0.39 is 0 Å². The number of carbonyl (C=O) groups excluding carboxylic acids is 1. The number of anilines is 2. The quantitative estimate of drug-likeness (QED) is 0.737. The SMILES string of the molecule is CCC1CNCCN1c1cccc2c1C[C@H](NC(=O)c1ccc(N3CCOCC3)cc1)CC2. The van der Waals surface area contributed by atoms with Gasteiger partial charge in [-0.1, -0.05) is 19.1 Å². The van der Waals surface area contributed by atoms with Crippen LogP contribution < -0.4 is 20.4 Å². The van der Waals surface area contributed by atoms with Gasteiger partial charge in [0.15, 0.2) is 0 Å². The van der Waals surface area contributed by atoms with Crippen molar-refractivity contribution in [2.75, 3.05) is 55.7 Å². The van der Waals surface area contributed by atoms with Crippen LogP contribution in [0, 0.1) is 0 Å². The molecule has 3 aliphatic rings. The first-order valence-corrected chi connectivity index (χ1v) is 12.5. The molecule has 6 nitrogen and oxygen atoms in total. The van der Waals surface area contributed by atoms with Crippen molar-refractivity contribution in [2.24, 2.45) is 0 Å². The van der Waals surface area contributed by atoms with Crippen molar-refractivity contribution in [3.8, 4) is 0 Å². The normalized spacial score (nSPS) is 23.2. The van der Waals surface area contributed by atoms with E-state index in [9.17, 15) is 4.79 Å². The van der Waals surface area contributed by atoms with Crippen LogP contribution in [-0.2, 0) is 17.6 Å². The molecule has 2 heterocycles. The van der Waals surface area contributed by atoms with Crippen molar-refractivity contribution >= 4 is 17.3 Å². The maximum Gasteiger partial charge on any atom is 0.251 e. The van der Waals surface area contributed by atoms with Gasteiger partial charge in [0.25, 0.3) is 5.91 Å². The van der Waals surface area contributed by atoms with E-state index in [1.807, 2.05) is 12.1 Å². The summed E-state index contributed by atoms with van der Waals surface area (Å²) in [5.74, 6) is 0.0306. The van der Waals surface area contributed by atoms with E-state index >= 15 is 0 Å². The lowest BCUT2D eigenvalue weighted by molar-refractivity contribution is 0.0933. The zero-order valence-electron chi connectivity index (χ0n) is 19.7. The molecule has 6 heteroatoms. The number of aryl methyl sites for hydroxylation is 1. The highest BCUT2D eigenvalue weighted by Gasteiger charge is 2.28. The van der Waals surface area contributed by atoms with E-state index in [1.165, 1.54) is 16.8 Å². The summed E-state index contributed by atoms with van der Waals surface area (Å²) in [7, 11) is 0. The van der Waals surface area contributed by atoms with Gasteiger partial charge in [-0.25, -0.2) is 0 Å². The largest absolute Gasteiger partial charge is 0.378 e. The van der Waals surface area contributed by atoms with Gasteiger partial charge in [0, 0.05) is 61.7 Å². The number of piperazine rings is 1. The fourth-order valence-electron chi connectivity index (χ4n) is 5.52. The molecule has 0 spiro atoms. The van der Waals surface area contributed by atoms with Crippen LogP contribution in [0.5, 0.6) is 0 Å². The van der Waals surface area contributed by atoms with Gasteiger partial charge in [-0.05, 0) is 67.1 Å². The van der Waals surface area contributed by atoms with Crippen molar-refractivity contribution in [1.29, 1.82) is 0 Å². The predicted octanol–water partition coefficient (Wildman–Crippen LogP) is 3.00. The summed E-state index contributed by atoms with van der Waals surface area (Å²) in [4.78, 5) is 17.9. The fourth-order valence-corrected chi connectivity index (χ4v) is 5.52. The minimum Gasteiger partial charge on any atom is -0.378 e. The number of fused-ring (bicyclic) bond motifs is 1. The molecule has 2 N–H and O–H groups in total. The van der Waals surface area contributed by atoms with Crippen LogP contribution in [-0.4, -0.2) is 63.9 Å². The number of nitrogens with one attached hydrogen (secondary N) is 2. The highest BCUT2D eigenvalue weighted by atomic mass is 16.5. The third kappa shape index (κ3) is 4.87. The molecule has 0 aromatic heterocycles. The number of morpholine rings is 1. The van der Waals surface area contributed by atoms with Crippen molar-refractivity contribution in [1.82, 2.24) is 10.6 Å². The lowest BCUT2D eigenvalue weighted by Gasteiger charge is -2.40. The maximum atomic E-state index is 13.0. The Hall–Kier alpha value is -2.57. The molecule has 1 unspecified atom stereocenters. The smallest absolute Gasteiger partial charge is 0.251 e. The second-order valence-corrected chi connectivity index (χ2v) is 9.43. The van der Waals surface area contributed by atoms with E-state index in [1.54, 1.807) is 0 Å². The second-order valence-electron chi connectivity index (χ2n) is 9.43. The Balaban J connectivity index is 1.27. The minimum absolute atomic E-state index is 0.0306. The molecule has 1 amide bonds. The Labute approximate surface area is 197 Å². The van der Waals surface area contributed by atoms with Crippen LogP contribution >= 0.6 is 0 Å². The highest BCUT2D eigenvalue weighted by Crippen LogP contribution is 2.32. The molecule has 1 aliphatic carbocycles. The highest BCUT2D eigenvalue weighted by molar-refractivity contribution is 5.94. The van der Waals surface area contributed by atoms with Gasteiger partial charge in [-0.2, -0.15) is 0 Å². The van der Waals surface area contributed by atoms with Gasteiger partial charge < -0.3 is 25.2 Å². The van der Waals surface area contributed by atoms with Crippen LogP contribution in [0.1, 0.15) is 41.3 Å². The Morgan fingerprint density at radius 2 is 1.94 bits per heavy atom. The van der Waals surface area contributed by atoms with E-state index in [4.69, 9.17) is 4.74 Å². The first-order chi connectivity index (χ1) is 16.2. The molecular formula is C27H36N4O2. The van der Waals surface area contributed by atoms with Gasteiger partial charge in [0.05, 0.1) is 13.2 Å². The Bertz CT molecular complexity index is 955. The standard InChI is InChI=1S/C27H36N4O2/c1-2-23-19-28-12-13-31(23)26-5-3-4-20-6-9-22(18-25(20)26)29-27(32)21-7-10-24(11-8-21)30-14-16-33-17-15-30/h3-5,7-8,10-11,22-23,28H,2,6,9,12-19H2,1H3,(H,29,32)/t22-,23?/m1/s1. The van der Waals surface area contributed by atoms with E-state index in [0.717, 1.165) is 82.9 Å². The number of hydrogen-bond donors (Lipinski definition) is 2. The molecule has 2 fully saturated rings. The molecule has 2 aromatic rings. The molecule has 2 aromatic carbocycles. The molecule has 2 saturated heterocycles. The van der Waals surface area contributed by atoms with E-state index in [0.29, 0.717) is 6.04 Å². The number of nitrogens with zero attached hydrogens (tertiary/aromatic N) is 2. The number of rotatable bonds is 5. The van der Waals surface area contributed by atoms with Crippen LogP contribution in [0.15, 0.2) is 42.5 Å². The number of amides is 1. The topological polar surface area (TPSA) is 56.8 Å². The van der Waals surface area contributed by atoms with Crippen LogP contribution in [0.2, 0.25) is 0 Å². The van der Waals surface area contributed by atoms with Gasteiger partial charge >= 0.3 is 0 Å². The number of carbonyl (C=O) groups is 1. The van der Waals surface area contributed by atoms with Crippen molar-refractivity contribution < 1.29 is 9.53 Å². The summed E-state index contributed by atoms with van der Waals surface area (Å²) in [6.45, 7) is 8.72. The average Bonchev–Trinajstić information content (AvgIpc) is 2.89. The van der Waals surface area contributed by atoms with Crippen LogP contribution in [0.4, 0.5) is 11.4 Å². The van der Waals surface area contributed by atoms with Crippen molar-refractivity contribution in [3.05, 3.63) is 59.2 Å². The molecule has 2 aliphatic heterocycles. The lowest BCUT2D eigenvalue weighted by Crippen LogP contribution is -2.51. The molecule has 0 saturated carbocycles. The molecular weight excluding hydrogens is 412 g/mol. The van der Waals surface area contributed by atoms with E-state index in [2.05, 4.69) is 57.7 Å². The fraction of sp³-hybridized carbons (Fsp3) is 0.519. The summed E-state index contributed by atoms with van der Waals surface area (Å²) in [6.07, 6.45) is 4.06. The summed E-state index contributed by atoms with van der Waals surface area (Å²) in [5, 5.41) is 6.86. The van der Waals surface area contributed by atoms with Crippen LogP contribution in [0.25, 0.3) is 0 Å². The summed E-state index contributed by atoms with van der Waals surface area (Å²) in [5.41, 5.74) is 6.14. The zero-order valence-corrected chi connectivity index (χ0v) is 19.7. The third-order valence-electron chi connectivity index (χ3n) is 7.43. The van der Waals surface area contributed by atoms with Gasteiger partial charge in [-0.3, -0.25) is 4.79 Å². The Kier molecular flexibility index (Phi) is 6.83. The summed E-state index contributed by atoms with van der Waals surface area (Å²) < 4.78 is 5.44. The van der Waals surface area contributed by atoms with Gasteiger partial charge in [-0.15, -0.1) is 0 Å². The predicted molar refractivity (Wildman–Crippen MR) is 133 cm³/mol. The van der Waals surface area contributed by atoms with Crippen LogP contribution in [0.3, 0.4) is 0 Å². The van der Waals surface area contributed by atoms with Crippen molar-refractivity contribution in [2.45, 2.75) is 44.7 Å². The molecule has 5 rings (SSSR count). The molecule has 0 bridgehead atoms. The average molecular weight is 449 g/mol. The minimum atomic E-state index is 0.0306. The van der Waals surface area contributed by atoms with E-state index in [-0.39, 0.29) is 11.9 Å². The van der Waals surface area contributed by atoms with Gasteiger partial charge in [0.1, 0.15) is 0 Å². The molecule has 0 radical (unpaired) electrons.